The first-order valence-electron chi connectivity index (χ1n) is 6.72. The van der Waals surface area contributed by atoms with E-state index in [1.165, 1.54) is 6.07 Å². The van der Waals surface area contributed by atoms with Crippen LogP contribution in [0.5, 0.6) is 5.75 Å². The predicted octanol–water partition coefficient (Wildman–Crippen LogP) is 2.07. The molecule has 0 aromatic heterocycles. The third-order valence-corrected chi connectivity index (χ3v) is 4.93. The van der Waals surface area contributed by atoms with Crippen molar-refractivity contribution in [1.82, 2.24) is 0 Å². The Bertz CT molecular complexity index is 586. The van der Waals surface area contributed by atoms with Crippen molar-refractivity contribution in [2.24, 2.45) is 23.7 Å². The summed E-state index contributed by atoms with van der Waals surface area (Å²) in [5.74, 6) is -0.499. The number of phenols is 1. The van der Waals surface area contributed by atoms with Gasteiger partial charge in [-0.25, -0.2) is 0 Å². The number of benzene rings is 1. The van der Waals surface area contributed by atoms with Gasteiger partial charge in [-0.1, -0.05) is 30.4 Å². The zero-order chi connectivity index (χ0) is 13.1. The van der Waals surface area contributed by atoms with Gasteiger partial charge < -0.3 is 5.11 Å². The Morgan fingerprint density at radius 3 is 2.11 bits per heavy atom. The lowest BCUT2D eigenvalue weighted by Crippen LogP contribution is -2.21. The second-order valence-corrected chi connectivity index (χ2v) is 5.80. The number of allylic oxidation sites excluding steroid dienone is 2. The summed E-state index contributed by atoms with van der Waals surface area (Å²) in [6.07, 6.45) is 5.12. The fourth-order valence-corrected chi connectivity index (χ4v) is 4.16. The quantitative estimate of drug-likeness (QED) is 0.616. The highest BCUT2D eigenvalue weighted by atomic mass is 16.3. The monoisotopic (exact) mass is 254 g/mol. The van der Waals surface area contributed by atoms with Crippen molar-refractivity contribution >= 4 is 11.6 Å². The number of fused-ring (bicyclic) bond motifs is 5. The molecule has 3 aliphatic rings. The Morgan fingerprint density at radius 1 is 0.947 bits per heavy atom. The minimum Gasteiger partial charge on any atom is -0.508 e. The predicted molar refractivity (Wildman–Crippen MR) is 68.6 cm³/mol. The summed E-state index contributed by atoms with van der Waals surface area (Å²) in [5, 5.41) is 9.90. The van der Waals surface area contributed by atoms with E-state index in [0.29, 0.717) is 5.56 Å². The number of phenolic OH excluding ortho intramolecular Hbond substituents is 1. The first-order chi connectivity index (χ1) is 9.18. The van der Waals surface area contributed by atoms with Crippen molar-refractivity contribution in [2.45, 2.75) is 12.3 Å². The number of Topliss-reactive ketones (excluding diaryl/α,β-unsaturated/α-hetero) is 2. The second kappa shape index (κ2) is 3.56. The third-order valence-electron chi connectivity index (χ3n) is 4.93. The van der Waals surface area contributed by atoms with Gasteiger partial charge >= 0.3 is 0 Å². The lowest BCUT2D eigenvalue weighted by molar-refractivity contribution is -0.125. The Labute approximate surface area is 110 Å². The molecule has 0 radical (unpaired) electrons. The number of hydrogen-bond acceptors (Lipinski definition) is 3. The van der Waals surface area contributed by atoms with Crippen LogP contribution in [0.25, 0.3) is 0 Å². The van der Waals surface area contributed by atoms with Crippen molar-refractivity contribution in [3.63, 3.8) is 0 Å². The Balaban J connectivity index is 1.79. The Kier molecular flexibility index (Phi) is 2.06. The van der Waals surface area contributed by atoms with Gasteiger partial charge in [0.2, 0.25) is 0 Å². The van der Waals surface area contributed by atoms with E-state index in [1.54, 1.807) is 18.2 Å². The maximum absolute atomic E-state index is 12.6. The van der Waals surface area contributed by atoms with Crippen molar-refractivity contribution in [3.8, 4) is 5.75 Å². The summed E-state index contributed by atoms with van der Waals surface area (Å²) in [6, 6.07) is 6.69. The molecule has 3 heteroatoms. The minimum atomic E-state index is -0.749. The van der Waals surface area contributed by atoms with Crippen LogP contribution in [0.1, 0.15) is 17.9 Å². The fourth-order valence-electron chi connectivity index (χ4n) is 4.16. The van der Waals surface area contributed by atoms with Crippen molar-refractivity contribution in [3.05, 3.63) is 42.0 Å². The molecule has 2 bridgehead atoms. The van der Waals surface area contributed by atoms with Crippen LogP contribution in [0.2, 0.25) is 0 Å². The molecule has 0 aliphatic heterocycles. The topological polar surface area (TPSA) is 54.4 Å². The summed E-state index contributed by atoms with van der Waals surface area (Å²) in [7, 11) is 0. The highest BCUT2D eigenvalue weighted by Crippen LogP contribution is 2.56. The van der Waals surface area contributed by atoms with E-state index in [9.17, 15) is 14.7 Å². The minimum absolute atomic E-state index is 0.00773. The zero-order valence-electron chi connectivity index (χ0n) is 10.3. The van der Waals surface area contributed by atoms with Crippen LogP contribution < -0.4 is 0 Å². The van der Waals surface area contributed by atoms with E-state index in [1.807, 2.05) is 0 Å². The maximum atomic E-state index is 12.6. The first-order valence-corrected chi connectivity index (χ1v) is 6.72. The van der Waals surface area contributed by atoms with Gasteiger partial charge in [-0.2, -0.15) is 0 Å². The number of rotatable bonds is 1. The summed E-state index contributed by atoms with van der Waals surface area (Å²) >= 11 is 0. The maximum Gasteiger partial charge on any atom is 0.152 e. The average Bonchev–Trinajstić information content (AvgIpc) is 3.06. The zero-order valence-corrected chi connectivity index (χ0v) is 10.3. The smallest absolute Gasteiger partial charge is 0.152 e. The number of para-hydroxylation sites is 1. The lowest BCUT2D eigenvalue weighted by Gasteiger charge is -2.16. The van der Waals surface area contributed by atoms with E-state index in [2.05, 4.69) is 12.2 Å². The van der Waals surface area contributed by atoms with Gasteiger partial charge in [0.1, 0.15) is 11.7 Å². The van der Waals surface area contributed by atoms with Crippen LogP contribution in [-0.2, 0) is 9.59 Å². The molecule has 3 aliphatic carbocycles. The molecule has 2 fully saturated rings. The van der Waals surface area contributed by atoms with Gasteiger partial charge in [0.05, 0.1) is 0 Å². The molecule has 1 aromatic carbocycles. The summed E-state index contributed by atoms with van der Waals surface area (Å²) in [5.41, 5.74) is 0.478. The van der Waals surface area contributed by atoms with Crippen molar-refractivity contribution in [1.29, 1.82) is 0 Å². The molecule has 0 amide bonds. The van der Waals surface area contributed by atoms with Crippen molar-refractivity contribution < 1.29 is 14.7 Å². The molecule has 19 heavy (non-hydrogen) atoms. The summed E-state index contributed by atoms with van der Waals surface area (Å²) in [4.78, 5) is 25.1. The van der Waals surface area contributed by atoms with Gasteiger partial charge in [0, 0.05) is 17.4 Å². The molecule has 4 rings (SSSR count). The second-order valence-electron chi connectivity index (χ2n) is 5.80. The SMILES string of the molecule is O=C1C(c2ccccc2O)C(=O)[C@@H]2[C@@H]1[C@@H]1C=C[C@H]2C1. The highest BCUT2D eigenvalue weighted by Gasteiger charge is 2.60. The number of ketones is 2. The fraction of sp³-hybridized carbons (Fsp3) is 0.375. The first kappa shape index (κ1) is 11.0. The van der Waals surface area contributed by atoms with Gasteiger partial charge in [-0.15, -0.1) is 0 Å². The van der Waals surface area contributed by atoms with Crippen LogP contribution in [0, 0.1) is 23.7 Å². The standard InChI is InChI=1S/C16H14O3/c17-11-4-2-1-3-10(11)14-15(18)12-8-5-6-9(7-8)13(12)16(14)19/h1-6,8-9,12-14,17H,7H2/t8-,9+,12-,13-,14?/m0/s1. The molecule has 3 nitrogen and oxygen atoms in total. The average molecular weight is 254 g/mol. The molecule has 96 valence electrons. The molecule has 1 N–H and O–H groups in total. The Hall–Kier alpha value is -1.90. The van der Waals surface area contributed by atoms with Gasteiger partial charge in [0.15, 0.2) is 11.6 Å². The van der Waals surface area contributed by atoms with Crippen LogP contribution in [0.3, 0.4) is 0 Å². The van der Waals surface area contributed by atoms with E-state index in [0.717, 1.165) is 6.42 Å². The van der Waals surface area contributed by atoms with Crippen LogP contribution >= 0.6 is 0 Å². The van der Waals surface area contributed by atoms with Gasteiger partial charge in [-0.05, 0) is 24.3 Å². The largest absolute Gasteiger partial charge is 0.508 e. The van der Waals surface area contributed by atoms with Crippen LogP contribution in [0.4, 0.5) is 0 Å². The number of carbonyl (C=O) groups is 2. The molecule has 2 saturated carbocycles. The molecular formula is C16H14O3. The molecule has 0 saturated heterocycles. The number of hydrogen-bond donors (Lipinski definition) is 1. The number of carbonyl (C=O) groups excluding carboxylic acids is 2. The molecule has 5 atom stereocenters. The third kappa shape index (κ3) is 1.28. The highest BCUT2D eigenvalue weighted by molar-refractivity contribution is 6.17. The molecule has 1 unspecified atom stereocenters. The molecule has 0 spiro atoms. The molecular weight excluding hydrogens is 240 g/mol. The number of aromatic hydroxyl groups is 1. The van der Waals surface area contributed by atoms with E-state index < -0.39 is 5.92 Å². The van der Waals surface area contributed by atoms with Crippen molar-refractivity contribution in [2.75, 3.05) is 0 Å². The van der Waals surface area contributed by atoms with Gasteiger partial charge in [-0.3, -0.25) is 9.59 Å². The molecule has 0 heterocycles. The van der Waals surface area contributed by atoms with Crippen LogP contribution in [0.15, 0.2) is 36.4 Å². The van der Waals surface area contributed by atoms with E-state index >= 15 is 0 Å². The Morgan fingerprint density at radius 2 is 1.53 bits per heavy atom. The van der Waals surface area contributed by atoms with E-state index in [4.69, 9.17) is 0 Å². The lowest BCUT2D eigenvalue weighted by atomic mass is 9.85. The van der Waals surface area contributed by atoms with E-state index in [-0.39, 0.29) is 41.0 Å². The van der Waals surface area contributed by atoms with Gasteiger partial charge in [0.25, 0.3) is 0 Å². The van der Waals surface area contributed by atoms with Crippen LogP contribution in [-0.4, -0.2) is 16.7 Å². The summed E-state index contributed by atoms with van der Waals surface area (Å²) in [6.45, 7) is 0. The molecule has 1 aromatic rings. The summed E-state index contributed by atoms with van der Waals surface area (Å²) < 4.78 is 0. The normalized spacial score (nSPS) is 39.1.